The molecule has 104 valence electrons. The molecule has 0 amide bonds. The molecule has 20 heavy (non-hydrogen) atoms. The Morgan fingerprint density at radius 3 is 2.75 bits per heavy atom. The van der Waals surface area contributed by atoms with E-state index in [1.54, 1.807) is 10.9 Å². The lowest BCUT2D eigenvalue weighted by Gasteiger charge is -2.29. The summed E-state index contributed by atoms with van der Waals surface area (Å²) in [6.07, 6.45) is 4.89. The molecule has 0 N–H and O–H groups in total. The van der Waals surface area contributed by atoms with Crippen LogP contribution in [0.4, 0.5) is 0 Å². The number of ether oxygens (including phenoxy) is 1. The molecule has 1 unspecified atom stereocenters. The molecule has 6 heteroatoms. The monoisotopic (exact) mass is 274 g/mol. The molecule has 3 rings (SSSR count). The van der Waals surface area contributed by atoms with Gasteiger partial charge in [-0.15, -0.1) is 0 Å². The fourth-order valence-corrected chi connectivity index (χ4v) is 2.38. The summed E-state index contributed by atoms with van der Waals surface area (Å²) in [5.41, 5.74) is 1.16. The standard InChI is InChI=1S/C14H16N3O3/c18-17(19)13-8-15-16(9-13)12-6-14(7-12)20-10-11-4-2-1-3-5-11/h1-5,8-9,12-14H,6-7,10H2/q+1. The van der Waals surface area contributed by atoms with Crippen molar-refractivity contribution in [1.82, 2.24) is 0 Å². The first-order valence-electron chi connectivity index (χ1n) is 6.69. The second kappa shape index (κ2) is 5.50. The summed E-state index contributed by atoms with van der Waals surface area (Å²) < 4.78 is 7.51. The third kappa shape index (κ3) is 2.75. The molecule has 1 saturated carbocycles. The van der Waals surface area contributed by atoms with Crippen LogP contribution in [0.15, 0.2) is 35.4 Å². The van der Waals surface area contributed by atoms with Gasteiger partial charge in [-0.3, -0.25) is 10.1 Å². The van der Waals surface area contributed by atoms with E-state index in [9.17, 15) is 10.1 Å². The van der Waals surface area contributed by atoms with Gasteiger partial charge < -0.3 is 4.74 Å². The van der Waals surface area contributed by atoms with E-state index in [2.05, 4.69) is 5.10 Å². The largest absolute Gasteiger partial charge is 0.373 e. The minimum absolute atomic E-state index is 0.221. The van der Waals surface area contributed by atoms with Crippen molar-refractivity contribution in [3.05, 3.63) is 46.0 Å². The van der Waals surface area contributed by atoms with Crippen molar-refractivity contribution in [2.45, 2.75) is 37.6 Å². The van der Waals surface area contributed by atoms with Crippen LogP contribution in [-0.2, 0) is 11.3 Å². The average Bonchev–Trinajstić information content (AvgIpc) is 2.88. The third-order valence-electron chi connectivity index (χ3n) is 3.67. The van der Waals surface area contributed by atoms with Gasteiger partial charge in [-0.2, -0.15) is 0 Å². The fourth-order valence-electron chi connectivity index (χ4n) is 2.38. The number of hydrogen-bond acceptors (Lipinski definition) is 4. The lowest BCUT2D eigenvalue weighted by Crippen LogP contribution is -2.42. The molecular formula is C14H16N3O3+. The number of hydrazone groups is 1. The average molecular weight is 274 g/mol. The van der Waals surface area contributed by atoms with Gasteiger partial charge in [0.25, 0.3) is 6.21 Å². The van der Waals surface area contributed by atoms with Gasteiger partial charge in [0, 0.05) is 17.8 Å². The van der Waals surface area contributed by atoms with Gasteiger partial charge in [0.2, 0.25) is 0 Å². The van der Waals surface area contributed by atoms with E-state index in [0.29, 0.717) is 6.61 Å². The molecule has 0 saturated heterocycles. The van der Waals surface area contributed by atoms with Crippen LogP contribution < -0.4 is 0 Å². The van der Waals surface area contributed by atoms with E-state index >= 15 is 0 Å². The van der Waals surface area contributed by atoms with E-state index in [4.69, 9.17) is 4.74 Å². The third-order valence-corrected chi connectivity index (χ3v) is 3.67. The lowest BCUT2D eigenvalue weighted by molar-refractivity contribution is -0.586. The summed E-state index contributed by atoms with van der Waals surface area (Å²) in [5, 5.41) is 14.7. The number of benzene rings is 1. The zero-order valence-electron chi connectivity index (χ0n) is 11.0. The number of rotatable bonds is 5. The second-order valence-corrected chi connectivity index (χ2v) is 5.11. The zero-order valence-corrected chi connectivity index (χ0v) is 11.0. The van der Waals surface area contributed by atoms with E-state index in [1.807, 2.05) is 30.3 Å². The molecule has 6 nitrogen and oxygen atoms in total. The highest BCUT2D eigenvalue weighted by Crippen LogP contribution is 2.27. The van der Waals surface area contributed by atoms with E-state index < -0.39 is 6.04 Å². The Hall–Kier alpha value is -2.08. The summed E-state index contributed by atoms with van der Waals surface area (Å²) in [7, 11) is 0. The SMILES string of the molecule is O=[N+]([O-])C1C=N[N+](C2CC(OCc3ccccc3)C2)=C1. The van der Waals surface area contributed by atoms with E-state index in [1.165, 1.54) is 6.21 Å². The van der Waals surface area contributed by atoms with Crippen molar-refractivity contribution in [3.63, 3.8) is 0 Å². The van der Waals surface area contributed by atoms with Crippen molar-refractivity contribution in [2.24, 2.45) is 5.10 Å². The van der Waals surface area contributed by atoms with Gasteiger partial charge in [-0.25, -0.2) is 0 Å². The summed E-state index contributed by atoms with van der Waals surface area (Å²) in [6, 6.07) is 9.50. The highest BCUT2D eigenvalue weighted by Gasteiger charge is 2.42. The van der Waals surface area contributed by atoms with Gasteiger partial charge >= 0.3 is 6.04 Å². The first-order valence-corrected chi connectivity index (χ1v) is 6.69. The van der Waals surface area contributed by atoms with Gasteiger partial charge in [-0.1, -0.05) is 35.0 Å². The van der Waals surface area contributed by atoms with Crippen LogP contribution in [0.5, 0.6) is 0 Å². The minimum Gasteiger partial charge on any atom is -0.373 e. The van der Waals surface area contributed by atoms with Gasteiger partial charge in [0.1, 0.15) is 0 Å². The fraction of sp³-hybridized carbons (Fsp3) is 0.429. The predicted molar refractivity (Wildman–Crippen MR) is 73.6 cm³/mol. The van der Waals surface area contributed by atoms with Crippen LogP contribution in [-0.4, -0.2) is 40.2 Å². The number of nitro groups is 1. The summed E-state index contributed by atoms with van der Waals surface area (Å²) in [6.45, 7) is 0.614. The van der Waals surface area contributed by atoms with E-state index in [0.717, 1.165) is 18.4 Å². The van der Waals surface area contributed by atoms with Crippen molar-refractivity contribution < 1.29 is 14.3 Å². The highest BCUT2D eigenvalue weighted by atomic mass is 16.6. The molecule has 1 fully saturated rings. The quantitative estimate of drug-likeness (QED) is 0.464. The smallest absolute Gasteiger partial charge is 0.330 e. The van der Waals surface area contributed by atoms with Crippen LogP contribution in [0.2, 0.25) is 0 Å². The summed E-state index contributed by atoms with van der Waals surface area (Å²) in [4.78, 5) is 10.3. The zero-order chi connectivity index (χ0) is 13.9. The first kappa shape index (κ1) is 12.9. The molecule has 1 aliphatic heterocycles. The minimum atomic E-state index is -0.778. The van der Waals surface area contributed by atoms with Crippen molar-refractivity contribution >= 4 is 12.4 Å². The molecule has 1 aliphatic carbocycles. The van der Waals surface area contributed by atoms with Crippen LogP contribution in [0.3, 0.4) is 0 Å². The summed E-state index contributed by atoms with van der Waals surface area (Å²) in [5.74, 6) is 0. The number of hydrogen-bond donors (Lipinski definition) is 0. The lowest BCUT2D eigenvalue weighted by atomic mass is 9.89. The molecule has 1 aromatic rings. The van der Waals surface area contributed by atoms with Crippen molar-refractivity contribution in [2.75, 3.05) is 0 Å². The van der Waals surface area contributed by atoms with Crippen LogP contribution in [0.25, 0.3) is 0 Å². The maximum atomic E-state index is 10.6. The highest BCUT2D eigenvalue weighted by molar-refractivity contribution is 5.85. The molecule has 1 heterocycles. The Labute approximate surface area is 116 Å². The molecule has 0 bridgehead atoms. The van der Waals surface area contributed by atoms with Crippen molar-refractivity contribution in [3.8, 4) is 0 Å². The van der Waals surface area contributed by atoms with Crippen LogP contribution in [0.1, 0.15) is 18.4 Å². The topological polar surface area (TPSA) is 67.7 Å². The number of nitrogens with zero attached hydrogens (tertiary/aromatic N) is 3. The molecule has 0 spiro atoms. The normalized spacial score (nSPS) is 28.0. The molecule has 1 atom stereocenters. The first-order chi connectivity index (χ1) is 9.72. The molecule has 0 aromatic heterocycles. The molecular weight excluding hydrogens is 258 g/mol. The molecule has 2 aliphatic rings. The van der Waals surface area contributed by atoms with E-state index in [-0.39, 0.29) is 17.1 Å². The Morgan fingerprint density at radius 1 is 1.35 bits per heavy atom. The van der Waals surface area contributed by atoms with Gasteiger partial charge in [0.15, 0.2) is 12.3 Å². The Balaban J connectivity index is 1.45. The Morgan fingerprint density at radius 2 is 2.10 bits per heavy atom. The predicted octanol–water partition coefficient (Wildman–Crippen LogP) is 1.46. The van der Waals surface area contributed by atoms with Crippen LogP contribution >= 0.6 is 0 Å². The molecule has 1 aromatic carbocycles. The summed E-state index contributed by atoms with van der Waals surface area (Å²) >= 11 is 0. The van der Waals surface area contributed by atoms with Gasteiger partial charge in [-0.05, 0) is 10.7 Å². The Kier molecular flexibility index (Phi) is 3.56. The molecule has 0 radical (unpaired) electrons. The van der Waals surface area contributed by atoms with Crippen LogP contribution in [0, 0.1) is 10.1 Å². The second-order valence-electron chi connectivity index (χ2n) is 5.11. The maximum Gasteiger partial charge on any atom is 0.330 e. The maximum absolute atomic E-state index is 10.6. The van der Waals surface area contributed by atoms with Gasteiger partial charge in [0.05, 0.1) is 12.7 Å². The van der Waals surface area contributed by atoms with Crippen molar-refractivity contribution in [1.29, 1.82) is 0 Å². The Bertz CT molecular complexity index is 550.